The molecule has 0 atom stereocenters. The van der Waals surface area contributed by atoms with Crippen LogP contribution in [0.5, 0.6) is 0 Å². The first-order valence-corrected chi connectivity index (χ1v) is 10.4. The molecule has 0 unspecified atom stereocenters. The van der Waals surface area contributed by atoms with Gasteiger partial charge in [-0.1, -0.05) is 34.1 Å². The van der Waals surface area contributed by atoms with Crippen LogP contribution < -0.4 is 10.0 Å². The highest BCUT2D eigenvalue weighted by Crippen LogP contribution is 2.20. The third-order valence-corrected chi connectivity index (χ3v) is 5.70. The SMILES string of the molecule is Cc1cccc(NC(=O)c2cccc(NS(=O)(=O)c3ccc(Br)cc3)c2)c1. The molecule has 27 heavy (non-hydrogen) atoms. The van der Waals surface area contributed by atoms with E-state index in [2.05, 4.69) is 26.0 Å². The van der Waals surface area contributed by atoms with Crippen LogP contribution in [0.4, 0.5) is 11.4 Å². The van der Waals surface area contributed by atoms with Crippen molar-refractivity contribution in [2.24, 2.45) is 0 Å². The number of benzene rings is 3. The molecule has 0 bridgehead atoms. The third-order valence-electron chi connectivity index (χ3n) is 3.78. The van der Waals surface area contributed by atoms with Crippen molar-refractivity contribution in [3.63, 3.8) is 0 Å². The van der Waals surface area contributed by atoms with Gasteiger partial charge in [0.05, 0.1) is 4.90 Å². The van der Waals surface area contributed by atoms with E-state index in [4.69, 9.17) is 0 Å². The molecule has 138 valence electrons. The van der Waals surface area contributed by atoms with Gasteiger partial charge in [0.1, 0.15) is 0 Å². The van der Waals surface area contributed by atoms with Gasteiger partial charge < -0.3 is 5.32 Å². The van der Waals surface area contributed by atoms with Crippen LogP contribution in [0.2, 0.25) is 0 Å². The van der Waals surface area contributed by atoms with Gasteiger partial charge >= 0.3 is 0 Å². The number of amides is 1. The van der Waals surface area contributed by atoms with E-state index >= 15 is 0 Å². The fourth-order valence-electron chi connectivity index (χ4n) is 2.48. The number of rotatable bonds is 5. The lowest BCUT2D eigenvalue weighted by molar-refractivity contribution is 0.102. The fraction of sp³-hybridized carbons (Fsp3) is 0.0500. The number of aryl methyl sites for hydroxylation is 1. The van der Waals surface area contributed by atoms with Crippen molar-refractivity contribution in [2.75, 3.05) is 10.0 Å². The Morgan fingerprint density at radius 2 is 1.56 bits per heavy atom. The van der Waals surface area contributed by atoms with Crippen molar-refractivity contribution < 1.29 is 13.2 Å². The van der Waals surface area contributed by atoms with Crippen molar-refractivity contribution in [2.45, 2.75) is 11.8 Å². The highest BCUT2D eigenvalue weighted by molar-refractivity contribution is 9.10. The van der Waals surface area contributed by atoms with Gasteiger partial charge in [-0.25, -0.2) is 8.42 Å². The molecule has 5 nitrogen and oxygen atoms in total. The number of hydrogen-bond acceptors (Lipinski definition) is 3. The molecule has 7 heteroatoms. The van der Waals surface area contributed by atoms with Crippen molar-refractivity contribution in [1.82, 2.24) is 0 Å². The topological polar surface area (TPSA) is 75.3 Å². The van der Waals surface area contributed by atoms with E-state index < -0.39 is 10.0 Å². The Balaban J connectivity index is 1.79. The van der Waals surface area contributed by atoms with E-state index in [1.807, 2.05) is 25.1 Å². The summed E-state index contributed by atoms with van der Waals surface area (Å²) in [4.78, 5) is 12.6. The number of carbonyl (C=O) groups is 1. The van der Waals surface area contributed by atoms with Crippen LogP contribution in [0, 0.1) is 6.92 Å². The molecule has 0 fully saturated rings. The normalized spacial score (nSPS) is 11.0. The Kier molecular flexibility index (Phi) is 5.62. The monoisotopic (exact) mass is 444 g/mol. The standard InChI is InChI=1S/C20H17BrN2O3S/c1-14-4-2-6-17(12-14)22-20(24)15-5-3-7-18(13-15)23-27(25,26)19-10-8-16(21)9-11-19/h2-13,23H,1H3,(H,22,24). The molecule has 0 heterocycles. The summed E-state index contributed by atoms with van der Waals surface area (Å²) in [6.07, 6.45) is 0. The predicted octanol–water partition coefficient (Wildman–Crippen LogP) is 4.81. The summed E-state index contributed by atoms with van der Waals surface area (Å²) < 4.78 is 28.3. The zero-order valence-corrected chi connectivity index (χ0v) is 16.8. The number of halogens is 1. The molecule has 3 aromatic carbocycles. The minimum atomic E-state index is -3.74. The van der Waals surface area contributed by atoms with Gasteiger partial charge in [-0.05, 0) is 67.1 Å². The average molecular weight is 445 g/mol. The van der Waals surface area contributed by atoms with Crippen LogP contribution in [-0.4, -0.2) is 14.3 Å². The van der Waals surface area contributed by atoms with Gasteiger partial charge in [0, 0.05) is 21.4 Å². The molecule has 1 amide bonds. The molecular weight excluding hydrogens is 428 g/mol. The Bertz CT molecular complexity index is 1080. The summed E-state index contributed by atoms with van der Waals surface area (Å²) in [5.41, 5.74) is 2.38. The molecule has 0 aliphatic rings. The van der Waals surface area contributed by atoms with Crippen LogP contribution in [0.1, 0.15) is 15.9 Å². The predicted molar refractivity (Wildman–Crippen MR) is 111 cm³/mol. The molecule has 0 saturated heterocycles. The van der Waals surface area contributed by atoms with Crippen LogP contribution in [0.15, 0.2) is 82.2 Å². The second-order valence-electron chi connectivity index (χ2n) is 5.96. The minimum Gasteiger partial charge on any atom is -0.322 e. The molecule has 2 N–H and O–H groups in total. The summed E-state index contributed by atoms with van der Waals surface area (Å²) in [7, 11) is -3.74. The molecule has 0 radical (unpaired) electrons. The van der Waals surface area contributed by atoms with Crippen molar-refractivity contribution in [1.29, 1.82) is 0 Å². The summed E-state index contributed by atoms with van der Waals surface area (Å²) in [6, 6.07) is 20.1. The van der Waals surface area contributed by atoms with Gasteiger partial charge in [-0.2, -0.15) is 0 Å². The minimum absolute atomic E-state index is 0.139. The Labute approximate surface area is 166 Å². The van der Waals surface area contributed by atoms with Gasteiger partial charge in [-0.3, -0.25) is 9.52 Å². The zero-order valence-electron chi connectivity index (χ0n) is 14.4. The highest BCUT2D eigenvalue weighted by atomic mass is 79.9. The molecule has 0 aliphatic carbocycles. The van der Waals surface area contributed by atoms with E-state index in [1.165, 1.54) is 18.2 Å². The first-order chi connectivity index (χ1) is 12.8. The molecule has 3 aromatic rings. The van der Waals surface area contributed by atoms with E-state index in [-0.39, 0.29) is 10.8 Å². The first kappa shape index (κ1) is 19.1. The molecule has 0 aliphatic heterocycles. The molecular formula is C20H17BrN2O3S. The van der Waals surface area contributed by atoms with Crippen LogP contribution >= 0.6 is 15.9 Å². The second kappa shape index (κ2) is 7.94. The van der Waals surface area contributed by atoms with Crippen LogP contribution in [0.3, 0.4) is 0 Å². The van der Waals surface area contributed by atoms with Crippen LogP contribution in [-0.2, 0) is 10.0 Å². The molecule has 0 spiro atoms. The van der Waals surface area contributed by atoms with Gasteiger partial charge in [0.2, 0.25) is 0 Å². The quantitative estimate of drug-likeness (QED) is 0.592. The summed E-state index contributed by atoms with van der Waals surface area (Å²) in [5.74, 6) is -0.315. The van der Waals surface area contributed by atoms with E-state index in [9.17, 15) is 13.2 Å². The number of hydrogen-bond donors (Lipinski definition) is 2. The molecule has 0 aromatic heterocycles. The maximum absolute atomic E-state index is 12.5. The van der Waals surface area contributed by atoms with E-state index in [0.29, 0.717) is 16.9 Å². The van der Waals surface area contributed by atoms with Crippen molar-refractivity contribution in [3.05, 3.63) is 88.4 Å². The Hall–Kier alpha value is -2.64. The maximum atomic E-state index is 12.5. The first-order valence-electron chi connectivity index (χ1n) is 8.10. The lowest BCUT2D eigenvalue weighted by atomic mass is 10.1. The van der Waals surface area contributed by atoms with E-state index in [0.717, 1.165) is 10.0 Å². The number of anilines is 2. The largest absolute Gasteiger partial charge is 0.322 e. The van der Waals surface area contributed by atoms with Gasteiger partial charge in [0.25, 0.3) is 15.9 Å². The molecule has 3 rings (SSSR count). The number of sulfonamides is 1. The van der Waals surface area contributed by atoms with E-state index in [1.54, 1.807) is 36.4 Å². The third kappa shape index (κ3) is 4.96. The summed E-state index contributed by atoms with van der Waals surface area (Å²) >= 11 is 3.28. The zero-order chi connectivity index (χ0) is 19.4. The summed E-state index contributed by atoms with van der Waals surface area (Å²) in [6.45, 7) is 1.94. The smallest absolute Gasteiger partial charge is 0.261 e. The second-order valence-corrected chi connectivity index (χ2v) is 8.56. The summed E-state index contributed by atoms with van der Waals surface area (Å²) in [5, 5.41) is 2.81. The highest BCUT2D eigenvalue weighted by Gasteiger charge is 2.15. The molecule has 0 saturated carbocycles. The maximum Gasteiger partial charge on any atom is 0.261 e. The van der Waals surface area contributed by atoms with Crippen molar-refractivity contribution >= 4 is 43.2 Å². The average Bonchev–Trinajstić information content (AvgIpc) is 2.62. The Morgan fingerprint density at radius 3 is 2.26 bits per heavy atom. The Morgan fingerprint density at radius 1 is 0.889 bits per heavy atom. The lowest BCUT2D eigenvalue weighted by Crippen LogP contribution is -2.15. The number of nitrogens with one attached hydrogen (secondary N) is 2. The number of carbonyl (C=O) groups excluding carboxylic acids is 1. The van der Waals surface area contributed by atoms with Gasteiger partial charge in [-0.15, -0.1) is 0 Å². The van der Waals surface area contributed by atoms with Crippen molar-refractivity contribution in [3.8, 4) is 0 Å². The van der Waals surface area contributed by atoms with Gasteiger partial charge in [0.15, 0.2) is 0 Å². The van der Waals surface area contributed by atoms with Crippen LogP contribution in [0.25, 0.3) is 0 Å². The lowest BCUT2D eigenvalue weighted by Gasteiger charge is -2.10. The fourth-order valence-corrected chi connectivity index (χ4v) is 3.79.